The fourth-order valence-electron chi connectivity index (χ4n) is 4.11. The summed E-state index contributed by atoms with van der Waals surface area (Å²) >= 11 is 0. The first-order chi connectivity index (χ1) is 13.6. The van der Waals surface area contributed by atoms with Gasteiger partial charge < -0.3 is 14.6 Å². The van der Waals surface area contributed by atoms with Crippen LogP contribution in [0.2, 0.25) is 0 Å². The molecule has 2 aromatic carbocycles. The van der Waals surface area contributed by atoms with Crippen LogP contribution < -0.4 is 0 Å². The number of carboxylic acids is 1. The predicted octanol–water partition coefficient (Wildman–Crippen LogP) is 3.66. The molecule has 1 unspecified atom stereocenters. The summed E-state index contributed by atoms with van der Waals surface area (Å²) in [4.78, 5) is 31.0. The number of para-hydroxylation sites is 2. The van der Waals surface area contributed by atoms with E-state index in [0.717, 1.165) is 41.8 Å². The van der Waals surface area contributed by atoms with Crippen molar-refractivity contribution in [1.82, 2.24) is 14.5 Å². The molecule has 6 nitrogen and oxygen atoms in total. The zero-order chi connectivity index (χ0) is 19.7. The van der Waals surface area contributed by atoms with Crippen molar-refractivity contribution in [2.24, 2.45) is 0 Å². The van der Waals surface area contributed by atoms with Crippen LogP contribution in [0.5, 0.6) is 0 Å². The fourth-order valence-corrected chi connectivity index (χ4v) is 4.11. The van der Waals surface area contributed by atoms with Gasteiger partial charge in [0, 0.05) is 13.1 Å². The van der Waals surface area contributed by atoms with Gasteiger partial charge in [0.25, 0.3) is 0 Å². The van der Waals surface area contributed by atoms with Crippen LogP contribution >= 0.6 is 0 Å². The molecule has 1 saturated heterocycles. The highest BCUT2D eigenvalue weighted by Crippen LogP contribution is 2.34. The summed E-state index contributed by atoms with van der Waals surface area (Å²) in [5.74, 6) is -0.0291. The fraction of sp³-hybridized carbons (Fsp3) is 0.318. The van der Waals surface area contributed by atoms with Crippen molar-refractivity contribution in [3.63, 3.8) is 0 Å². The van der Waals surface area contributed by atoms with Crippen LogP contribution in [0.15, 0.2) is 48.5 Å². The molecule has 0 bridgehead atoms. The minimum Gasteiger partial charge on any atom is -0.478 e. The Labute approximate surface area is 163 Å². The molecule has 0 aliphatic carbocycles. The van der Waals surface area contributed by atoms with Gasteiger partial charge in [-0.15, -0.1) is 0 Å². The highest BCUT2D eigenvalue weighted by Gasteiger charge is 2.33. The second kappa shape index (κ2) is 7.46. The SMILES string of the molecule is CCn1c(C2CCCN2C(=O)Cc2cccc(C(=O)O)c2)nc2ccccc21. The molecule has 2 heterocycles. The van der Waals surface area contributed by atoms with E-state index in [1.807, 2.05) is 23.1 Å². The normalized spacial score (nSPS) is 16.6. The van der Waals surface area contributed by atoms with E-state index in [2.05, 4.69) is 17.6 Å². The van der Waals surface area contributed by atoms with Gasteiger partial charge >= 0.3 is 5.97 Å². The Hall–Kier alpha value is -3.15. The Bertz CT molecular complexity index is 1040. The Morgan fingerprint density at radius 1 is 1.18 bits per heavy atom. The first kappa shape index (κ1) is 18.2. The Morgan fingerprint density at radius 3 is 2.79 bits per heavy atom. The molecule has 144 valence electrons. The zero-order valence-corrected chi connectivity index (χ0v) is 15.8. The third kappa shape index (κ3) is 3.26. The second-order valence-corrected chi connectivity index (χ2v) is 7.13. The largest absolute Gasteiger partial charge is 0.478 e. The maximum Gasteiger partial charge on any atom is 0.335 e. The molecule has 1 N–H and O–H groups in total. The molecule has 0 spiro atoms. The van der Waals surface area contributed by atoms with E-state index in [9.17, 15) is 9.59 Å². The highest BCUT2D eigenvalue weighted by atomic mass is 16.4. The van der Waals surface area contributed by atoms with Crippen LogP contribution in [0.25, 0.3) is 11.0 Å². The monoisotopic (exact) mass is 377 g/mol. The number of rotatable bonds is 5. The van der Waals surface area contributed by atoms with Gasteiger partial charge in [-0.3, -0.25) is 4.79 Å². The lowest BCUT2D eigenvalue weighted by Crippen LogP contribution is -2.33. The molecule has 0 saturated carbocycles. The van der Waals surface area contributed by atoms with Gasteiger partial charge in [-0.2, -0.15) is 0 Å². The zero-order valence-electron chi connectivity index (χ0n) is 15.8. The first-order valence-corrected chi connectivity index (χ1v) is 9.65. The van der Waals surface area contributed by atoms with Gasteiger partial charge in [0.05, 0.1) is 29.1 Å². The van der Waals surface area contributed by atoms with Crippen LogP contribution in [-0.4, -0.2) is 38.0 Å². The molecule has 28 heavy (non-hydrogen) atoms. The number of carboxylic acid groups (broad SMARTS) is 1. The summed E-state index contributed by atoms with van der Waals surface area (Å²) in [7, 11) is 0. The summed E-state index contributed by atoms with van der Waals surface area (Å²) in [6.45, 7) is 3.60. The third-order valence-corrected chi connectivity index (χ3v) is 5.40. The van der Waals surface area contributed by atoms with Crippen molar-refractivity contribution >= 4 is 22.9 Å². The van der Waals surface area contributed by atoms with Crippen molar-refractivity contribution < 1.29 is 14.7 Å². The number of benzene rings is 2. The Kier molecular flexibility index (Phi) is 4.86. The number of nitrogens with zero attached hydrogens (tertiary/aromatic N) is 3. The number of aromatic nitrogens is 2. The van der Waals surface area contributed by atoms with E-state index >= 15 is 0 Å². The summed E-state index contributed by atoms with van der Waals surface area (Å²) in [5.41, 5.74) is 2.97. The predicted molar refractivity (Wildman–Crippen MR) is 106 cm³/mol. The van der Waals surface area contributed by atoms with E-state index in [4.69, 9.17) is 10.1 Å². The smallest absolute Gasteiger partial charge is 0.335 e. The van der Waals surface area contributed by atoms with E-state index in [0.29, 0.717) is 6.54 Å². The van der Waals surface area contributed by atoms with E-state index in [1.54, 1.807) is 24.3 Å². The van der Waals surface area contributed by atoms with E-state index in [-0.39, 0.29) is 23.9 Å². The van der Waals surface area contributed by atoms with Gasteiger partial charge in [0.1, 0.15) is 5.82 Å². The number of fused-ring (bicyclic) bond motifs is 1. The standard InChI is InChI=1S/C22H23N3O3/c1-2-24-18-10-4-3-9-17(18)23-21(24)19-11-6-12-25(19)20(26)14-15-7-5-8-16(13-15)22(27)28/h3-5,7-10,13,19H,2,6,11-12,14H2,1H3,(H,27,28). The lowest BCUT2D eigenvalue weighted by molar-refractivity contribution is -0.131. The number of aryl methyl sites for hydroxylation is 1. The second-order valence-electron chi connectivity index (χ2n) is 7.13. The summed E-state index contributed by atoms with van der Waals surface area (Å²) < 4.78 is 2.19. The molecule has 6 heteroatoms. The minimum absolute atomic E-state index is 0.0137. The molecule has 1 atom stereocenters. The van der Waals surface area contributed by atoms with Gasteiger partial charge in [-0.1, -0.05) is 24.3 Å². The number of likely N-dealkylation sites (tertiary alicyclic amines) is 1. The average Bonchev–Trinajstić information content (AvgIpc) is 3.32. The van der Waals surface area contributed by atoms with E-state index < -0.39 is 5.97 Å². The van der Waals surface area contributed by atoms with Crippen LogP contribution in [0.3, 0.4) is 0 Å². The summed E-state index contributed by atoms with van der Waals surface area (Å²) in [5, 5.41) is 9.17. The number of carbonyl (C=O) groups is 2. The van der Waals surface area contributed by atoms with Crippen molar-refractivity contribution in [2.75, 3.05) is 6.54 Å². The van der Waals surface area contributed by atoms with E-state index in [1.165, 1.54) is 0 Å². The number of hydrogen-bond acceptors (Lipinski definition) is 3. The van der Waals surface area contributed by atoms with Gasteiger partial charge in [-0.05, 0) is 49.6 Å². The van der Waals surface area contributed by atoms with Crippen molar-refractivity contribution in [1.29, 1.82) is 0 Å². The van der Waals surface area contributed by atoms with Gasteiger partial charge in [0.2, 0.25) is 5.91 Å². The number of imidazole rings is 1. The number of carbonyl (C=O) groups excluding carboxylic acids is 1. The number of hydrogen-bond donors (Lipinski definition) is 1. The number of aromatic carboxylic acids is 1. The molecular formula is C22H23N3O3. The summed E-state index contributed by atoms with van der Waals surface area (Å²) in [6.07, 6.45) is 2.03. The molecule has 1 aliphatic rings. The number of amides is 1. The molecule has 1 aromatic heterocycles. The molecule has 1 amide bonds. The van der Waals surface area contributed by atoms with Crippen LogP contribution in [-0.2, 0) is 17.8 Å². The molecular weight excluding hydrogens is 354 g/mol. The highest BCUT2D eigenvalue weighted by molar-refractivity contribution is 5.88. The quantitative estimate of drug-likeness (QED) is 0.736. The molecule has 1 aliphatic heterocycles. The third-order valence-electron chi connectivity index (χ3n) is 5.40. The maximum atomic E-state index is 13.0. The first-order valence-electron chi connectivity index (χ1n) is 9.65. The Morgan fingerprint density at radius 2 is 2.00 bits per heavy atom. The van der Waals surface area contributed by atoms with Crippen molar-refractivity contribution in [2.45, 2.75) is 38.8 Å². The summed E-state index contributed by atoms with van der Waals surface area (Å²) in [6, 6.07) is 14.6. The lowest BCUT2D eigenvalue weighted by atomic mass is 10.1. The van der Waals surface area contributed by atoms with Crippen molar-refractivity contribution in [3.8, 4) is 0 Å². The van der Waals surface area contributed by atoms with Crippen LogP contribution in [0.1, 0.15) is 47.6 Å². The topological polar surface area (TPSA) is 75.4 Å². The molecule has 4 rings (SSSR count). The van der Waals surface area contributed by atoms with Gasteiger partial charge in [0.15, 0.2) is 0 Å². The van der Waals surface area contributed by atoms with Gasteiger partial charge in [-0.25, -0.2) is 9.78 Å². The lowest BCUT2D eigenvalue weighted by Gasteiger charge is -2.25. The Balaban J connectivity index is 1.61. The van der Waals surface area contributed by atoms with Crippen LogP contribution in [0, 0.1) is 0 Å². The molecule has 1 fully saturated rings. The average molecular weight is 377 g/mol. The maximum absolute atomic E-state index is 13.0. The minimum atomic E-state index is -0.981. The molecule has 0 radical (unpaired) electrons. The van der Waals surface area contributed by atoms with Crippen LogP contribution in [0.4, 0.5) is 0 Å². The van der Waals surface area contributed by atoms with Crippen molar-refractivity contribution in [3.05, 3.63) is 65.5 Å². The molecule has 3 aromatic rings.